The second kappa shape index (κ2) is 4.07. The molecular weight excluding hydrogens is 140 g/mol. The monoisotopic (exact) mass is 158 g/mol. The largest absolute Gasteiger partial charge is 0.381 e. The van der Waals surface area contributed by atoms with Crippen molar-refractivity contribution in [2.45, 2.75) is 26.7 Å². The van der Waals surface area contributed by atoms with Gasteiger partial charge in [-0.15, -0.1) is 0 Å². The molecule has 0 atom stereocenters. The molecule has 0 N–H and O–H groups in total. The summed E-state index contributed by atoms with van der Waals surface area (Å²) in [5.74, 6) is 0. The normalized spacial score (nSPS) is 21.3. The molecule has 1 aliphatic heterocycles. The molecule has 0 radical (unpaired) electrons. The molecule has 1 heterocycles. The lowest BCUT2D eigenvalue weighted by atomic mass is 9.90. The van der Waals surface area contributed by atoms with Gasteiger partial charge in [0.05, 0.1) is 19.8 Å². The first kappa shape index (κ1) is 9.01. The van der Waals surface area contributed by atoms with E-state index in [2.05, 4.69) is 13.8 Å². The fourth-order valence-electron chi connectivity index (χ4n) is 1.10. The van der Waals surface area contributed by atoms with Crippen LogP contribution in [0, 0.1) is 5.41 Å². The van der Waals surface area contributed by atoms with Crippen LogP contribution in [-0.4, -0.2) is 26.4 Å². The number of ether oxygens (including phenoxy) is 2. The lowest BCUT2D eigenvalue weighted by Gasteiger charge is -2.37. The lowest BCUT2D eigenvalue weighted by Crippen LogP contribution is -2.43. The van der Waals surface area contributed by atoms with Gasteiger partial charge in [0.2, 0.25) is 0 Å². The zero-order valence-electron chi connectivity index (χ0n) is 7.56. The Bertz CT molecular complexity index is 108. The molecule has 2 heteroatoms. The van der Waals surface area contributed by atoms with Crippen LogP contribution >= 0.6 is 0 Å². The van der Waals surface area contributed by atoms with Crippen LogP contribution in [0.5, 0.6) is 0 Å². The minimum atomic E-state index is 0.327. The van der Waals surface area contributed by atoms with Gasteiger partial charge >= 0.3 is 0 Å². The molecule has 11 heavy (non-hydrogen) atoms. The Morgan fingerprint density at radius 3 is 2.64 bits per heavy atom. The Balaban J connectivity index is 1.94. The molecule has 0 spiro atoms. The molecule has 2 nitrogen and oxygen atoms in total. The van der Waals surface area contributed by atoms with Gasteiger partial charge < -0.3 is 9.47 Å². The summed E-state index contributed by atoms with van der Waals surface area (Å²) in [5.41, 5.74) is 0.327. The third kappa shape index (κ3) is 2.80. The number of hydrogen-bond acceptors (Lipinski definition) is 2. The van der Waals surface area contributed by atoms with E-state index in [0.717, 1.165) is 26.4 Å². The number of unbranched alkanes of at least 4 members (excludes halogenated alkanes) is 1. The molecule has 1 saturated heterocycles. The summed E-state index contributed by atoms with van der Waals surface area (Å²) in [7, 11) is 0. The van der Waals surface area contributed by atoms with Gasteiger partial charge in [-0.25, -0.2) is 0 Å². The number of rotatable bonds is 5. The smallest absolute Gasteiger partial charge is 0.0564 e. The van der Waals surface area contributed by atoms with Crippen molar-refractivity contribution in [2.75, 3.05) is 26.4 Å². The molecule has 66 valence electrons. The molecule has 0 aliphatic carbocycles. The first-order valence-corrected chi connectivity index (χ1v) is 4.42. The molecule has 0 amide bonds. The zero-order chi connectivity index (χ0) is 8.16. The molecule has 0 aromatic rings. The van der Waals surface area contributed by atoms with Crippen molar-refractivity contribution in [3.8, 4) is 0 Å². The van der Waals surface area contributed by atoms with Crippen LogP contribution in [0.1, 0.15) is 26.7 Å². The predicted octanol–water partition coefficient (Wildman–Crippen LogP) is 1.84. The van der Waals surface area contributed by atoms with Crippen molar-refractivity contribution in [3.63, 3.8) is 0 Å². The maximum absolute atomic E-state index is 5.50. The van der Waals surface area contributed by atoms with Crippen LogP contribution in [0.15, 0.2) is 0 Å². The maximum atomic E-state index is 5.50. The van der Waals surface area contributed by atoms with Gasteiger partial charge in [0.1, 0.15) is 0 Å². The van der Waals surface area contributed by atoms with E-state index in [-0.39, 0.29) is 0 Å². The second-order valence-electron chi connectivity index (χ2n) is 3.71. The summed E-state index contributed by atoms with van der Waals surface area (Å²) in [5, 5.41) is 0. The highest BCUT2D eigenvalue weighted by atomic mass is 16.5. The molecular formula is C9H18O2. The Morgan fingerprint density at radius 1 is 1.45 bits per heavy atom. The van der Waals surface area contributed by atoms with E-state index in [1.807, 2.05) is 0 Å². The fourth-order valence-corrected chi connectivity index (χ4v) is 1.10. The van der Waals surface area contributed by atoms with Gasteiger partial charge in [-0.2, -0.15) is 0 Å². The third-order valence-corrected chi connectivity index (χ3v) is 1.99. The third-order valence-electron chi connectivity index (χ3n) is 1.99. The molecule has 0 aromatic carbocycles. The molecule has 0 saturated carbocycles. The van der Waals surface area contributed by atoms with Gasteiger partial charge in [-0.3, -0.25) is 0 Å². The second-order valence-corrected chi connectivity index (χ2v) is 3.71. The minimum absolute atomic E-state index is 0.327. The first-order valence-electron chi connectivity index (χ1n) is 4.42. The van der Waals surface area contributed by atoms with Gasteiger partial charge in [-0.1, -0.05) is 20.3 Å². The van der Waals surface area contributed by atoms with E-state index in [0.29, 0.717) is 5.41 Å². The number of hydrogen-bond donors (Lipinski definition) is 0. The van der Waals surface area contributed by atoms with Crippen molar-refractivity contribution >= 4 is 0 Å². The summed E-state index contributed by atoms with van der Waals surface area (Å²) in [6, 6.07) is 0. The molecule has 1 rings (SSSR count). The van der Waals surface area contributed by atoms with Crippen molar-refractivity contribution in [3.05, 3.63) is 0 Å². The molecule has 0 unspecified atom stereocenters. The van der Waals surface area contributed by atoms with E-state index in [1.54, 1.807) is 0 Å². The fraction of sp³-hybridized carbons (Fsp3) is 1.00. The highest BCUT2D eigenvalue weighted by Gasteiger charge is 2.33. The quantitative estimate of drug-likeness (QED) is 0.568. The molecule has 1 fully saturated rings. The van der Waals surface area contributed by atoms with Crippen LogP contribution in [0.4, 0.5) is 0 Å². The zero-order valence-corrected chi connectivity index (χ0v) is 7.56. The van der Waals surface area contributed by atoms with Gasteiger partial charge in [0.15, 0.2) is 0 Å². The van der Waals surface area contributed by atoms with Crippen molar-refractivity contribution < 1.29 is 9.47 Å². The Morgan fingerprint density at radius 2 is 2.18 bits per heavy atom. The van der Waals surface area contributed by atoms with Crippen molar-refractivity contribution in [2.24, 2.45) is 5.41 Å². The van der Waals surface area contributed by atoms with E-state index < -0.39 is 0 Å². The van der Waals surface area contributed by atoms with E-state index in [4.69, 9.17) is 9.47 Å². The maximum Gasteiger partial charge on any atom is 0.0564 e. The highest BCUT2D eigenvalue weighted by molar-refractivity contribution is 4.79. The SMILES string of the molecule is CCCCOCC1(C)COC1. The molecule has 0 bridgehead atoms. The van der Waals surface area contributed by atoms with E-state index in [9.17, 15) is 0 Å². The lowest BCUT2D eigenvalue weighted by molar-refractivity contribution is -0.137. The van der Waals surface area contributed by atoms with Gasteiger partial charge in [0, 0.05) is 12.0 Å². The van der Waals surface area contributed by atoms with Gasteiger partial charge in [-0.05, 0) is 6.42 Å². The van der Waals surface area contributed by atoms with Crippen LogP contribution in [0.25, 0.3) is 0 Å². The average Bonchev–Trinajstić information content (AvgIpc) is 1.95. The van der Waals surface area contributed by atoms with Crippen LogP contribution in [0.3, 0.4) is 0 Å². The van der Waals surface area contributed by atoms with E-state index >= 15 is 0 Å². The Kier molecular flexibility index (Phi) is 3.34. The summed E-state index contributed by atoms with van der Waals surface area (Å²) < 4.78 is 10.6. The minimum Gasteiger partial charge on any atom is -0.381 e. The van der Waals surface area contributed by atoms with E-state index in [1.165, 1.54) is 12.8 Å². The highest BCUT2D eigenvalue weighted by Crippen LogP contribution is 2.26. The molecule has 0 aromatic heterocycles. The van der Waals surface area contributed by atoms with Crippen LogP contribution in [-0.2, 0) is 9.47 Å². The summed E-state index contributed by atoms with van der Waals surface area (Å²) in [6.07, 6.45) is 2.39. The van der Waals surface area contributed by atoms with Crippen LogP contribution < -0.4 is 0 Å². The molecule has 1 aliphatic rings. The standard InChI is InChI=1S/C9H18O2/c1-3-4-5-10-6-9(2)7-11-8-9/h3-8H2,1-2H3. The van der Waals surface area contributed by atoms with Gasteiger partial charge in [0.25, 0.3) is 0 Å². The summed E-state index contributed by atoms with van der Waals surface area (Å²) in [6.45, 7) is 7.91. The Labute approximate surface area is 68.9 Å². The predicted molar refractivity (Wildman–Crippen MR) is 44.7 cm³/mol. The van der Waals surface area contributed by atoms with Crippen LogP contribution in [0.2, 0.25) is 0 Å². The van der Waals surface area contributed by atoms with Crippen molar-refractivity contribution in [1.82, 2.24) is 0 Å². The van der Waals surface area contributed by atoms with Crippen molar-refractivity contribution in [1.29, 1.82) is 0 Å². The summed E-state index contributed by atoms with van der Waals surface area (Å²) >= 11 is 0. The average molecular weight is 158 g/mol. The Hall–Kier alpha value is -0.0800. The first-order chi connectivity index (χ1) is 5.27. The topological polar surface area (TPSA) is 18.5 Å². The summed E-state index contributed by atoms with van der Waals surface area (Å²) in [4.78, 5) is 0.